The number of benzene rings is 1. The van der Waals surface area contributed by atoms with Gasteiger partial charge >= 0.3 is 0 Å². The second kappa shape index (κ2) is 5.31. The number of nitrogens with one attached hydrogen (secondary N) is 1. The third-order valence-corrected chi connectivity index (χ3v) is 4.95. The van der Waals surface area contributed by atoms with Crippen LogP contribution in [0, 0.1) is 5.92 Å². The highest BCUT2D eigenvalue weighted by atomic mass is 32.2. The van der Waals surface area contributed by atoms with Crippen molar-refractivity contribution in [2.24, 2.45) is 5.92 Å². The zero-order valence-electron chi connectivity index (χ0n) is 11.0. The van der Waals surface area contributed by atoms with E-state index in [2.05, 4.69) is 12.2 Å². The third-order valence-electron chi connectivity index (χ3n) is 3.82. The van der Waals surface area contributed by atoms with Crippen LogP contribution >= 0.6 is 0 Å². The largest absolute Gasteiger partial charge is 0.382 e. The Morgan fingerprint density at radius 2 is 1.89 bits per heavy atom. The molecule has 1 aromatic carbocycles. The summed E-state index contributed by atoms with van der Waals surface area (Å²) in [6, 6.07) is 7.61. The van der Waals surface area contributed by atoms with E-state index in [0.717, 1.165) is 11.6 Å². The maximum Gasteiger partial charge on any atom is 0.175 e. The molecule has 0 aliphatic heterocycles. The van der Waals surface area contributed by atoms with Crippen molar-refractivity contribution in [3.05, 3.63) is 24.3 Å². The molecule has 0 bridgehead atoms. The van der Waals surface area contributed by atoms with Gasteiger partial charge in [-0.25, -0.2) is 8.42 Å². The first-order chi connectivity index (χ1) is 8.50. The van der Waals surface area contributed by atoms with Gasteiger partial charge in [0.15, 0.2) is 9.84 Å². The maximum atomic E-state index is 11.4. The molecule has 0 saturated heterocycles. The Morgan fingerprint density at radius 3 is 2.44 bits per heavy atom. The Hall–Kier alpha value is -1.03. The summed E-state index contributed by atoms with van der Waals surface area (Å²) in [7, 11) is -3.09. The van der Waals surface area contributed by atoms with Crippen LogP contribution in [0.3, 0.4) is 0 Å². The molecule has 1 aliphatic rings. The summed E-state index contributed by atoms with van der Waals surface area (Å²) in [5, 5.41) is 3.53. The van der Waals surface area contributed by atoms with E-state index >= 15 is 0 Å². The van der Waals surface area contributed by atoms with Crippen LogP contribution in [0.1, 0.15) is 32.6 Å². The number of anilines is 1. The van der Waals surface area contributed by atoms with Crippen molar-refractivity contribution in [2.45, 2.75) is 43.5 Å². The maximum absolute atomic E-state index is 11.4. The summed E-state index contributed by atoms with van der Waals surface area (Å²) in [4.78, 5) is 0.381. The SMILES string of the molecule is CCC1CCCC1Nc1ccc(S(C)(=O)=O)cc1. The van der Waals surface area contributed by atoms with Crippen LogP contribution in [-0.4, -0.2) is 20.7 Å². The lowest BCUT2D eigenvalue weighted by Gasteiger charge is -2.20. The van der Waals surface area contributed by atoms with E-state index in [1.807, 2.05) is 12.1 Å². The lowest BCUT2D eigenvalue weighted by atomic mass is 10.0. The van der Waals surface area contributed by atoms with Gasteiger partial charge in [0, 0.05) is 18.0 Å². The number of hydrogen-bond donors (Lipinski definition) is 1. The Balaban J connectivity index is 2.07. The Bertz CT molecular complexity index is 493. The van der Waals surface area contributed by atoms with Crippen molar-refractivity contribution in [2.75, 3.05) is 11.6 Å². The molecule has 1 aliphatic carbocycles. The molecule has 0 spiro atoms. The molecule has 0 radical (unpaired) electrons. The lowest BCUT2D eigenvalue weighted by molar-refractivity contribution is 0.489. The van der Waals surface area contributed by atoms with Gasteiger partial charge < -0.3 is 5.32 Å². The fourth-order valence-corrected chi connectivity index (χ4v) is 3.36. The summed E-state index contributed by atoms with van der Waals surface area (Å²) in [5.41, 5.74) is 1.02. The first-order valence-electron chi connectivity index (χ1n) is 6.57. The molecule has 1 fully saturated rings. The molecule has 1 saturated carbocycles. The van der Waals surface area contributed by atoms with Crippen molar-refractivity contribution >= 4 is 15.5 Å². The monoisotopic (exact) mass is 267 g/mol. The minimum atomic E-state index is -3.09. The van der Waals surface area contributed by atoms with Crippen molar-refractivity contribution in [3.63, 3.8) is 0 Å². The van der Waals surface area contributed by atoms with E-state index in [9.17, 15) is 8.42 Å². The number of hydrogen-bond acceptors (Lipinski definition) is 3. The van der Waals surface area contributed by atoms with E-state index in [1.165, 1.54) is 31.9 Å². The van der Waals surface area contributed by atoms with E-state index in [0.29, 0.717) is 10.9 Å². The highest BCUT2D eigenvalue weighted by molar-refractivity contribution is 7.90. The minimum Gasteiger partial charge on any atom is -0.382 e. The van der Waals surface area contributed by atoms with Gasteiger partial charge in [-0.05, 0) is 43.0 Å². The van der Waals surface area contributed by atoms with Gasteiger partial charge in [0.1, 0.15) is 0 Å². The molecule has 2 rings (SSSR count). The molecule has 100 valence electrons. The van der Waals surface area contributed by atoms with Gasteiger partial charge in [-0.3, -0.25) is 0 Å². The van der Waals surface area contributed by atoms with Gasteiger partial charge in [0.05, 0.1) is 4.90 Å². The van der Waals surface area contributed by atoms with Crippen molar-refractivity contribution < 1.29 is 8.42 Å². The second-order valence-corrected chi connectivity index (χ2v) is 7.16. The molecular weight excluding hydrogens is 246 g/mol. The fraction of sp³-hybridized carbons (Fsp3) is 0.571. The van der Waals surface area contributed by atoms with Gasteiger partial charge in [-0.1, -0.05) is 19.8 Å². The smallest absolute Gasteiger partial charge is 0.175 e. The molecule has 0 aromatic heterocycles. The van der Waals surface area contributed by atoms with E-state index in [-0.39, 0.29) is 0 Å². The molecule has 3 nitrogen and oxygen atoms in total. The molecular formula is C14H21NO2S. The van der Waals surface area contributed by atoms with Gasteiger partial charge in [-0.2, -0.15) is 0 Å². The molecule has 1 aromatic rings. The van der Waals surface area contributed by atoms with Gasteiger partial charge in [-0.15, -0.1) is 0 Å². The van der Waals surface area contributed by atoms with Gasteiger partial charge in [0.2, 0.25) is 0 Å². The average molecular weight is 267 g/mol. The first-order valence-corrected chi connectivity index (χ1v) is 8.46. The summed E-state index contributed by atoms with van der Waals surface area (Å²) in [6.07, 6.45) is 6.25. The first kappa shape index (κ1) is 13.4. The van der Waals surface area contributed by atoms with Crippen LogP contribution in [0.15, 0.2) is 29.2 Å². The summed E-state index contributed by atoms with van der Waals surface area (Å²) >= 11 is 0. The number of sulfone groups is 1. The quantitative estimate of drug-likeness (QED) is 0.912. The predicted molar refractivity (Wildman–Crippen MR) is 74.6 cm³/mol. The van der Waals surface area contributed by atoms with Gasteiger partial charge in [0.25, 0.3) is 0 Å². The standard InChI is InChI=1S/C14H21NO2S/c1-3-11-5-4-6-14(11)15-12-7-9-13(10-8-12)18(2,16)17/h7-11,14-15H,3-6H2,1-2H3. The molecule has 2 atom stereocenters. The summed E-state index contributed by atoms with van der Waals surface area (Å²) in [5.74, 6) is 0.750. The zero-order chi connectivity index (χ0) is 13.2. The van der Waals surface area contributed by atoms with Crippen LogP contribution in [0.4, 0.5) is 5.69 Å². The average Bonchev–Trinajstić information content (AvgIpc) is 2.76. The molecule has 4 heteroatoms. The van der Waals surface area contributed by atoms with Crippen LogP contribution in [0.2, 0.25) is 0 Å². The van der Waals surface area contributed by atoms with Crippen molar-refractivity contribution in [1.29, 1.82) is 0 Å². The molecule has 2 unspecified atom stereocenters. The topological polar surface area (TPSA) is 46.2 Å². The molecule has 1 N–H and O–H groups in total. The minimum absolute atomic E-state index is 0.381. The van der Waals surface area contributed by atoms with E-state index in [4.69, 9.17) is 0 Å². The summed E-state index contributed by atoms with van der Waals surface area (Å²) in [6.45, 7) is 2.23. The van der Waals surface area contributed by atoms with Crippen LogP contribution in [0.5, 0.6) is 0 Å². The molecule has 0 amide bonds. The van der Waals surface area contributed by atoms with Crippen LogP contribution in [-0.2, 0) is 9.84 Å². The Labute approximate surface area is 110 Å². The fourth-order valence-electron chi connectivity index (χ4n) is 2.73. The Kier molecular flexibility index (Phi) is 3.95. The van der Waals surface area contributed by atoms with E-state index < -0.39 is 9.84 Å². The second-order valence-electron chi connectivity index (χ2n) is 5.15. The van der Waals surface area contributed by atoms with Crippen LogP contribution < -0.4 is 5.32 Å². The molecule has 18 heavy (non-hydrogen) atoms. The van der Waals surface area contributed by atoms with E-state index in [1.54, 1.807) is 12.1 Å². The summed E-state index contributed by atoms with van der Waals surface area (Å²) < 4.78 is 22.7. The third kappa shape index (κ3) is 3.05. The number of rotatable bonds is 4. The normalized spacial score (nSPS) is 24.1. The van der Waals surface area contributed by atoms with Crippen LogP contribution in [0.25, 0.3) is 0 Å². The highest BCUT2D eigenvalue weighted by Gasteiger charge is 2.25. The lowest BCUT2D eigenvalue weighted by Crippen LogP contribution is -2.23. The predicted octanol–water partition coefficient (Wildman–Crippen LogP) is 3.08. The van der Waals surface area contributed by atoms with Crippen molar-refractivity contribution in [1.82, 2.24) is 0 Å². The Morgan fingerprint density at radius 1 is 1.22 bits per heavy atom. The van der Waals surface area contributed by atoms with Crippen molar-refractivity contribution in [3.8, 4) is 0 Å². The zero-order valence-corrected chi connectivity index (χ0v) is 11.8. The molecule has 0 heterocycles. The highest BCUT2D eigenvalue weighted by Crippen LogP contribution is 2.30.